The minimum Gasteiger partial charge on any atom is -0.494 e. The van der Waals surface area contributed by atoms with E-state index in [1.54, 1.807) is 12.3 Å². The summed E-state index contributed by atoms with van der Waals surface area (Å²) in [5.74, 6) is 0.578. The normalized spacial score (nSPS) is 19.7. The fourth-order valence-corrected chi connectivity index (χ4v) is 4.82. The number of likely N-dealkylation sites (N-methyl/N-ethyl adjacent to an activating group) is 1. The van der Waals surface area contributed by atoms with Gasteiger partial charge in [0.15, 0.2) is 11.6 Å². The molecule has 2 N–H and O–H groups in total. The minimum atomic E-state index is -0.440. The van der Waals surface area contributed by atoms with Crippen molar-refractivity contribution in [1.29, 1.82) is 0 Å². The molecule has 0 radical (unpaired) electrons. The molecule has 8 nitrogen and oxygen atoms in total. The highest BCUT2D eigenvalue weighted by atomic mass is 19.1. The van der Waals surface area contributed by atoms with Crippen molar-refractivity contribution in [2.45, 2.75) is 6.42 Å². The molecule has 2 aliphatic rings. The average Bonchev–Trinajstić information content (AvgIpc) is 3.29. The molecule has 0 spiro atoms. The number of hydrogen-bond acceptors (Lipinski definition) is 7. The number of amides is 1. The van der Waals surface area contributed by atoms with Gasteiger partial charge in [-0.3, -0.25) is 4.79 Å². The molecule has 3 aromatic rings. The van der Waals surface area contributed by atoms with Crippen molar-refractivity contribution >= 4 is 22.5 Å². The lowest BCUT2D eigenvalue weighted by molar-refractivity contribution is -0.127. The number of aromatic nitrogens is 2. The van der Waals surface area contributed by atoms with Gasteiger partial charge in [-0.1, -0.05) is 0 Å². The summed E-state index contributed by atoms with van der Waals surface area (Å²) in [5.41, 5.74) is 3.02. The predicted molar refractivity (Wildman–Crippen MR) is 128 cm³/mol. The maximum Gasteiger partial charge on any atom is 0.225 e. The Hall–Kier alpha value is -3.46. The van der Waals surface area contributed by atoms with Crippen molar-refractivity contribution in [2.75, 3.05) is 51.8 Å². The van der Waals surface area contributed by atoms with Crippen molar-refractivity contribution in [3.05, 3.63) is 42.3 Å². The molecule has 2 unspecified atom stereocenters. The summed E-state index contributed by atoms with van der Waals surface area (Å²) in [6.07, 6.45) is 2.68. The highest BCUT2D eigenvalue weighted by Crippen LogP contribution is 2.39. The zero-order valence-corrected chi connectivity index (χ0v) is 19.3. The quantitative estimate of drug-likeness (QED) is 0.519. The summed E-state index contributed by atoms with van der Waals surface area (Å²) in [6.45, 7) is 3.31. The first-order chi connectivity index (χ1) is 16.6. The lowest BCUT2D eigenvalue weighted by atomic mass is 9.89. The lowest BCUT2D eigenvalue weighted by Crippen LogP contribution is -2.41. The van der Waals surface area contributed by atoms with Crippen LogP contribution in [0.1, 0.15) is 6.42 Å². The van der Waals surface area contributed by atoms with E-state index in [1.165, 1.54) is 13.2 Å². The number of nitrogens with one attached hydrogen (secondary N) is 2. The van der Waals surface area contributed by atoms with Crippen molar-refractivity contribution in [3.63, 3.8) is 0 Å². The molecule has 0 saturated carbocycles. The summed E-state index contributed by atoms with van der Waals surface area (Å²) in [5, 5.41) is 6.69. The molecule has 5 rings (SSSR count). The van der Waals surface area contributed by atoms with Gasteiger partial charge in [0.05, 0.1) is 24.2 Å². The van der Waals surface area contributed by atoms with Crippen LogP contribution in [-0.4, -0.2) is 62.8 Å². The molecule has 4 heterocycles. The number of anilines is 1. The van der Waals surface area contributed by atoms with Gasteiger partial charge in [-0.25, -0.2) is 14.4 Å². The summed E-state index contributed by atoms with van der Waals surface area (Å²) in [4.78, 5) is 23.8. The van der Waals surface area contributed by atoms with E-state index in [2.05, 4.69) is 20.5 Å². The molecular formula is C25H28FN5O3. The molecule has 0 aliphatic carbocycles. The van der Waals surface area contributed by atoms with Crippen LogP contribution in [0.25, 0.3) is 22.2 Å². The topological polar surface area (TPSA) is 88.6 Å². The van der Waals surface area contributed by atoms with E-state index in [0.717, 1.165) is 30.8 Å². The molecule has 2 aromatic heterocycles. The molecule has 1 amide bonds. The van der Waals surface area contributed by atoms with E-state index in [0.29, 0.717) is 48.1 Å². The maximum atomic E-state index is 14.7. The fraction of sp³-hybridized carbons (Fsp3) is 0.400. The van der Waals surface area contributed by atoms with Crippen LogP contribution in [0.2, 0.25) is 0 Å². The Kier molecular flexibility index (Phi) is 6.19. The van der Waals surface area contributed by atoms with Gasteiger partial charge in [0.2, 0.25) is 11.8 Å². The van der Waals surface area contributed by atoms with Crippen LogP contribution in [-0.2, 0) is 4.79 Å². The van der Waals surface area contributed by atoms with E-state index >= 15 is 0 Å². The number of pyridine rings is 2. The van der Waals surface area contributed by atoms with Crippen molar-refractivity contribution < 1.29 is 18.7 Å². The Morgan fingerprint density at radius 1 is 1.26 bits per heavy atom. The number of carbonyl (C=O) groups excluding carboxylic acids is 1. The molecule has 2 saturated heterocycles. The number of nitrogens with zero attached hydrogens (tertiary/aromatic N) is 3. The maximum absolute atomic E-state index is 14.7. The molecule has 2 aliphatic heterocycles. The lowest BCUT2D eigenvalue weighted by Gasteiger charge is -2.23. The summed E-state index contributed by atoms with van der Waals surface area (Å²) in [6, 6.07) is 8.78. The second-order valence-corrected chi connectivity index (χ2v) is 8.72. The number of benzene rings is 1. The van der Waals surface area contributed by atoms with Gasteiger partial charge in [-0.05, 0) is 37.6 Å². The third-order valence-corrected chi connectivity index (χ3v) is 6.63. The van der Waals surface area contributed by atoms with Gasteiger partial charge in [-0.2, -0.15) is 0 Å². The SMILES string of the molecule is CNCCOc1ccc(-c2cc(N3CC4CCNC(=O)C4C3)c3cc(F)c(OC)cc3n2)cn1. The van der Waals surface area contributed by atoms with Gasteiger partial charge in [0.25, 0.3) is 0 Å². The number of carbonyl (C=O) groups is 1. The summed E-state index contributed by atoms with van der Waals surface area (Å²) < 4.78 is 25.5. The van der Waals surface area contributed by atoms with Gasteiger partial charge in [0.1, 0.15) is 6.61 Å². The Bertz CT molecular complexity index is 1200. The number of halogens is 1. The summed E-state index contributed by atoms with van der Waals surface area (Å²) >= 11 is 0. The van der Waals surface area contributed by atoms with E-state index in [-0.39, 0.29) is 17.6 Å². The predicted octanol–water partition coefficient (Wildman–Crippen LogP) is 2.62. The fourth-order valence-electron chi connectivity index (χ4n) is 4.82. The van der Waals surface area contributed by atoms with E-state index in [4.69, 9.17) is 14.5 Å². The first-order valence-electron chi connectivity index (χ1n) is 11.5. The Morgan fingerprint density at radius 2 is 2.15 bits per heavy atom. The standard InChI is InChI=1S/C25H28FN5O3/c1-27-7-8-34-24-4-3-15(12-29-24)20-10-22(17-9-19(26)23(33-2)11-21(17)30-20)31-13-16-5-6-28-25(32)18(16)14-31/h3-4,9-12,16,18,27H,5-8,13-14H2,1-2H3,(H,28,32). The number of ether oxygens (including phenoxy) is 2. The van der Waals surface area contributed by atoms with E-state index in [1.807, 2.05) is 25.2 Å². The first kappa shape index (κ1) is 22.3. The Morgan fingerprint density at radius 3 is 2.88 bits per heavy atom. The second-order valence-electron chi connectivity index (χ2n) is 8.72. The van der Waals surface area contributed by atoms with Crippen LogP contribution in [0.5, 0.6) is 11.6 Å². The number of piperidine rings is 1. The van der Waals surface area contributed by atoms with Crippen LogP contribution >= 0.6 is 0 Å². The Balaban J connectivity index is 1.54. The van der Waals surface area contributed by atoms with Crippen LogP contribution < -0.4 is 25.0 Å². The highest BCUT2D eigenvalue weighted by Gasteiger charge is 2.40. The molecule has 9 heteroatoms. The Labute approximate surface area is 197 Å². The number of hydrogen-bond donors (Lipinski definition) is 2. The molecular weight excluding hydrogens is 437 g/mol. The van der Waals surface area contributed by atoms with Crippen molar-refractivity contribution in [1.82, 2.24) is 20.6 Å². The van der Waals surface area contributed by atoms with Gasteiger partial charge in [0, 0.05) is 61.1 Å². The zero-order valence-electron chi connectivity index (χ0n) is 19.3. The van der Waals surface area contributed by atoms with Crippen LogP contribution in [0, 0.1) is 17.7 Å². The molecule has 0 bridgehead atoms. The van der Waals surface area contributed by atoms with Crippen molar-refractivity contribution in [2.24, 2.45) is 11.8 Å². The average molecular weight is 466 g/mol. The molecule has 1 aromatic carbocycles. The number of methoxy groups -OCH3 is 1. The minimum absolute atomic E-state index is 0.0563. The van der Waals surface area contributed by atoms with Crippen LogP contribution in [0.3, 0.4) is 0 Å². The smallest absolute Gasteiger partial charge is 0.225 e. The van der Waals surface area contributed by atoms with Gasteiger partial charge >= 0.3 is 0 Å². The van der Waals surface area contributed by atoms with Crippen LogP contribution in [0.4, 0.5) is 10.1 Å². The molecule has 2 atom stereocenters. The van der Waals surface area contributed by atoms with Gasteiger partial charge < -0.3 is 25.0 Å². The van der Waals surface area contributed by atoms with Gasteiger partial charge in [-0.15, -0.1) is 0 Å². The largest absolute Gasteiger partial charge is 0.494 e. The molecule has 2 fully saturated rings. The van der Waals surface area contributed by atoms with Crippen molar-refractivity contribution in [3.8, 4) is 22.9 Å². The van der Waals surface area contributed by atoms with E-state index in [9.17, 15) is 9.18 Å². The number of fused-ring (bicyclic) bond motifs is 2. The summed E-state index contributed by atoms with van der Waals surface area (Å²) in [7, 11) is 3.31. The second kappa shape index (κ2) is 9.42. The zero-order chi connectivity index (χ0) is 23.7. The molecule has 178 valence electrons. The molecule has 34 heavy (non-hydrogen) atoms. The highest BCUT2D eigenvalue weighted by molar-refractivity contribution is 5.96. The number of rotatable bonds is 7. The third-order valence-electron chi connectivity index (χ3n) is 6.63. The van der Waals surface area contributed by atoms with Crippen LogP contribution in [0.15, 0.2) is 36.5 Å². The third kappa shape index (κ3) is 4.23. The van der Waals surface area contributed by atoms with E-state index < -0.39 is 5.82 Å². The monoisotopic (exact) mass is 465 g/mol. The first-order valence-corrected chi connectivity index (χ1v) is 11.5.